The standard InChI is InChI=1S/C18H27FN2O3/c1-3-4-13(9-10-16(12-22)21-23)14-5-7-15(8-6-14)18(24-2)17(20)11-19/h5-10,17-18,21-23H,3-4,11-12,20H2,1-2H3/b13-9+,16-10-. The van der Waals surface area contributed by atoms with Crippen LogP contribution >= 0.6 is 0 Å². The van der Waals surface area contributed by atoms with Gasteiger partial charge in [-0.2, -0.15) is 0 Å². The monoisotopic (exact) mass is 338 g/mol. The first-order valence-electron chi connectivity index (χ1n) is 7.96. The third-order valence-electron chi connectivity index (χ3n) is 3.75. The Bertz CT molecular complexity index is 538. The molecular formula is C18H27FN2O3. The van der Waals surface area contributed by atoms with Crippen molar-refractivity contribution in [3.8, 4) is 0 Å². The Morgan fingerprint density at radius 3 is 2.46 bits per heavy atom. The van der Waals surface area contributed by atoms with E-state index in [0.717, 1.165) is 29.5 Å². The predicted octanol–water partition coefficient (Wildman–Crippen LogP) is 2.71. The van der Waals surface area contributed by atoms with E-state index in [-0.39, 0.29) is 6.61 Å². The van der Waals surface area contributed by atoms with Gasteiger partial charge >= 0.3 is 0 Å². The van der Waals surface area contributed by atoms with Gasteiger partial charge in [-0.3, -0.25) is 10.7 Å². The van der Waals surface area contributed by atoms with Gasteiger partial charge in [-0.05, 0) is 29.2 Å². The Morgan fingerprint density at radius 1 is 1.33 bits per heavy atom. The molecule has 0 aliphatic heterocycles. The first-order valence-corrected chi connectivity index (χ1v) is 7.96. The van der Waals surface area contributed by atoms with E-state index < -0.39 is 18.8 Å². The minimum Gasteiger partial charge on any atom is -0.390 e. The molecule has 1 aromatic carbocycles. The fraction of sp³-hybridized carbons (Fsp3) is 0.444. The van der Waals surface area contributed by atoms with Gasteiger partial charge in [-0.25, -0.2) is 4.39 Å². The molecule has 5 N–H and O–H groups in total. The van der Waals surface area contributed by atoms with Crippen LogP contribution in [0.1, 0.15) is 37.0 Å². The maximum absolute atomic E-state index is 12.8. The Balaban J connectivity index is 3.05. The highest BCUT2D eigenvalue weighted by molar-refractivity contribution is 5.67. The summed E-state index contributed by atoms with van der Waals surface area (Å²) in [6, 6.07) is 6.93. The Labute approximate surface area is 142 Å². The van der Waals surface area contributed by atoms with Crippen molar-refractivity contribution in [2.24, 2.45) is 5.73 Å². The molecule has 0 heterocycles. The number of rotatable bonds is 10. The van der Waals surface area contributed by atoms with Gasteiger partial charge in [0.2, 0.25) is 0 Å². The average Bonchev–Trinajstić information content (AvgIpc) is 2.62. The van der Waals surface area contributed by atoms with Gasteiger partial charge in [-0.1, -0.05) is 43.7 Å². The molecule has 0 bridgehead atoms. The van der Waals surface area contributed by atoms with Gasteiger partial charge in [0.15, 0.2) is 0 Å². The van der Waals surface area contributed by atoms with Crippen LogP contribution in [0.5, 0.6) is 0 Å². The van der Waals surface area contributed by atoms with Crippen molar-refractivity contribution in [3.63, 3.8) is 0 Å². The first kappa shape index (κ1) is 20.3. The number of benzene rings is 1. The second-order valence-corrected chi connectivity index (χ2v) is 5.50. The van der Waals surface area contributed by atoms with Crippen LogP contribution in [-0.2, 0) is 4.74 Å². The van der Waals surface area contributed by atoms with Gasteiger partial charge < -0.3 is 15.6 Å². The number of hydroxylamine groups is 1. The third kappa shape index (κ3) is 5.72. The molecule has 0 aliphatic rings. The van der Waals surface area contributed by atoms with E-state index in [1.54, 1.807) is 6.08 Å². The molecule has 0 spiro atoms. The molecular weight excluding hydrogens is 311 g/mol. The van der Waals surface area contributed by atoms with Gasteiger partial charge in [0.05, 0.1) is 24.4 Å². The van der Waals surface area contributed by atoms with Crippen molar-refractivity contribution in [3.05, 3.63) is 53.2 Å². The number of nitrogens with one attached hydrogen (secondary N) is 1. The number of allylic oxidation sites excluding steroid dienone is 3. The molecule has 5 nitrogen and oxygen atoms in total. The summed E-state index contributed by atoms with van der Waals surface area (Å²) < 4.78 is 18.1. The van der Waals surface area contributed by atoms with Crippen LogP contribution in [0.25, 0.3) is 5.57 Å². The van der Waals surface area contributed by atoms with Gasteiger partial charge in [-0.15, -0.1) is 0 Å². The molecule has 6 heteroatoms. The third-order valence-corrected chi connectivity index (χ3v) is 3.75. The van der Waals surface area contributed by atoms with Gasteiger partial charge in [0, 0.05) is 7.11 Å². The van der Waals surface area contributed by atoms with Crippen molar-refractivity contribution in [2.45, 2.75) is 31.9 Å². The van der Waals surface area contributed by atoms with Crippen molar-refractivity contribution < 1.29 is 19.4 Å². The quantitative estimate of drug-likeness (QED) is 0.389. The maximum atomic E-state index is 12.8. The highest BCUT2D eigenvalue weighted by atomic mass is 19.1. The molecule has 2 unspecified atom stereocenters. The summed E-state index contributed by atoms with van der Waals surface area (Å²) in [5.41, 5.74) is 10.9. The summed E-state index contributed by atoms with van der Waals surface area (Å²) in [6.45, 7) is 1.15. The SMILES string of the molecule is CCC/C(=C\C=C(\CO)NO)c1ccc(C(OC)C(N)CF)cc1. The molecule has 1 aromatic rings. The van der Waals surface area contributed by atoms with E-state index in [9.17, 15) is 4.39 Å². The van der Waals surface area contributed by atoms with Crippen molar-refractivity contribution in [1.82, 2.24) is 5.48 Å². The lowest BCUT2D eigenvalue weighted by atomic mass is 9.96. The van der Waals surface area contributed by atoms with E-state index in [0.29, 0.717) is 5.70 Å². The first-order chi connectivity index (χ1) is 11.6. The Hall–Kier alpha value is -1.73. The van der Waals surface area contributed by atoms with Crippen molar-refractivity contribution in [2.75, 3.05) is 20.4 Å². The summed E-state index contributed by atoms with van der Waals surface area (Å²) >= 11 is 0. The number of aliphatic hydroxyl groups is 1. The molecule has 134 valence electrons. The molecule has 0 fully saturated rings. The van der Waals surface area contributed by atoms with E-state index in [1.165, 1.54) is 7.11 Å². The molecule has 0 saturated heterocycles. The fourth-order valence-electron chi connectivity index (χ4n) is 2.45. The Kier molecular flexibility index (Phi) is 9.26. The fourth-order valence-corrected chi connectivity index (χ4v) is 2.45. The summed E-state index contributed by atoms with van der Waals surface area (Å²) in [6.07, 6.45) is 4.81. The summed E-state index contributed by atoms with van der Waals surface area (Å²) in [5.74, 6) is 0. The summed E-state index contributed by atoms with van der Waals surface area (Å²) in [7, 11) is 1.51. The number of nitrogens with two attached hydrogens (primary N) is 1. The largest absolute Gasteiger partial charge is 0.390 e. The van der Waals surface area contributed by atoms with Crippen molar-refractivity contribution >= 4 is 5.57 Å². The summed E-state index contributed by atoms with van der Waals surface area (Å²) in [4.78, 5) is 0. The lowest BCUT2D eigenvalue weighted by Crippen LogP contribution is -2.31. The van der Waals surface area contributed by atoms with Crippen LogP contribution in [0, 0.1) is 0 Å². The summed E-state index contributed by atoms with van der Waals surface area (Å²) in [5, 5.41) is 17.9. The van der Waals surface area contributed by atoms with E-state index in [4.69, 9.17) is 20.8 Å². The molecule has 0 aliphatic carbocycles. The van der Waals surface area contributed by atoms with Crippen LogP contribution in [0.4, 0.5) is 4.39 Å². The lowest BCUT2D eigenvalue weighted by molar-refractivity contribution is 0.0721. The molecule has 0 aromatic heterocycles. The predicted molar refractivity (Wildman–Crippen MR) is 93.1 cm³/mol. The second-order valence-electron chi connectivity index (χ2n) is 5.50. The topological polar surface area (TPSA) is 87.7 Å². The van der Waals surface area contributed by atoms with E-state index in [1.807, 2.05) is 35.8 Å². The second kappa shape index (κ2) is 10.9. The molecule has 0 saturated carbocycles. The molecule has 24 heavy (non-hydrogen) atoms. The van der Waals surface area contributed by atoms with Gasteiger partial charge in [0.1, 0.15) is 6.67 Å². The molecule has 0 radical (unpaired) electrons. The van der Waals surface area contributed by atoms with Crippen LogP contribution in [0.15, 0.2) is 42.1 Å². The molecule has 0 amide bonds. The number of halogens is 1. The van der Waals surface area contributed by atoms with Crippen LogP contribution in [0.3, 0.4) is 0 Å². The minimum atomic E-state index is -0.697. The highest BCUT2D eigenvalue weighted by Gasteiger charge is 2.19. The van der Waals surface area contributed by atoms with Gasteiger partial charge in [0.25, 0.3) is 0 Å². The molecule has 1 rings (SSSR count). The Morgan fingerprint density at radius 2 is 2.00 bits per heavy atom. The van der Waals surface area contributed by atoms with Crippen LogP contribution < -0.4 is 11.2 Å². The maximum Gasteiger partial charge on any atom is 0.107 e. The number of alkyl halides is 1. The smallest absolute Gasteiger partial charge is 0.107 e. The normalized spacial score (nSPS) is 15.2. The lowest BCUT2D eigenvalue weighted by Gasteiger charge is -2.21. The van der Waals surface area contributed by atoms with E-state index >= 15 is 0 Å². The zero-order valence-electron chi connectivity index (χ0n) is 14.2. The number of hydrogen-bond donors (Lipinski definition) is 4. The van der Waals surface area contributed by atoms with E-state index in [2.05, 4.69) is 6.92 Å². The average molecular weight is 338 g/mol. The van der Waals surface area contributed by atoms with Crippen LogP contribution in [-0.4, -0.2) is 36.7 Å². The zero-order chi connectivity index (χ0) is 17.9. The number of ether oxygens (including phenoxy) is 1. The highest BCUT2D eigenvalue weighted by Crippen LogP contribution is 2.25. The number of hydrogen-bond acceptors (Lipinski definition) is 5. The zero-order valence-corrected chi connectivity index (χ0v) is 14.2. The number of methoxy groups -OCH3 is 1. The molecule has 2 atom stereocenters. The minimum absolute atomic E-state index is 0.276. The van der Waals surface area contributed by atoms with Crippen LogP contribution in [0.2, 0.25) is 0 Å². The number of aliphatic hydroxyl groups excluding tert-OH is 1. The van der Waals surface area contributed by atoms with Crippen molar-refractivity contribution in [1.29, 1.82) is 0 Å².